The third-order valence-corrected chi connectivity index (χ3v) is 7.07. The summed E-state index contributed by atoms with van der Waals surface area (Å²) in [4.78, 5) is 25.3. The molecule has 0 atom stereocenters. The van der Waals surface area contributed by atoms with E-state index >= 15 is 0 Å². The number of fused-ring (bicyclic) bond motifs is 2. The van der Waals surface area contributed by atoms with E-state index in [1.807, 2.05) is 77.7 Å². The number of likely N-dealkylation sites (tertiary alicyclic amines) is 1. The monoisotopic (exact) mass is 493 g/mol. The number of pyridine rings is 1. The van der Waals surface area contributed by atoms with Crippen LogP contribution in [0.3, 0.4) is 0 Å². The number of rotatable bonds is 5. The molecule has 1 amide bonds. The molecule has 186 valence electrons. The van der Waals surface area contributed by atoms with E-state index in [1.165, 1.54) is 0 Å². The summed E-state index contributed by atoms with van der Waals surface area (Å²) >= 11 is 0. The van der Waals surface area contributed by atoms with Crippen molar-refractivity contribution in [1.29, 1.82) is 0 Å². The zero-order chi connectivity index (χ0) is 25.4. The van der Waals surface area contributed by atoms with Gasteiger partial charge in [-0.2, -0.15) is 0 Å². The smallest absolute Gasteiger partial charge is 0.254 e. The molecule has 0 bridgehead atoms. The molecule has 6 rings (SSSR count). The predicted octanol–water partition coefficient (Wildman–Crippen LogP) is 6.08. The molecule has 0 N–H and O–H groups in total. The average molecular weight is 494 g/mol. The van der Waals surface area contributed by atoms with Crippen LogP contribution >= 0.6 is 0 Å². The number of nitrogens with zero attached hydrogens (tertiary/aromatic N) is 3. The molecule has 1 saturated heterocycles. The number of aromatic nitrogens is 2. The molecule has 2 aromatic heterocycles. The van der Waals surface area contributed by atoms with Crippen LogP contribution in [0.5, 0.6) is 11.5 Å². The van der Waals surface area contributed by atoms with Crippen LogP contribution in [0.2, 0.25) is 0 Å². The molecule has 1 aliphatic heterocycles. The van der Waals surface area contributed by atoms with Crippen molar-refractivity contribution in [1.82, 2.24) is 14.9 Å². The van der Waals surface area contributed by atoms with E-state index in [0.717, 1.165) is 46.3 Å². The van der Waals surface area contributed by atoms with Crippen molar-refractivity contribution < 1.29 is 18.7 Å². The summed E-state index contributed by atoms with van der Waals surface area (Å²) in [5.74, 6) is 2.23. The Hall–Kier alpha value is -4.39. The maximum absolute atomic E-state index is 13.8. The molecule has 5 aromatic rings. The van der Waals surface area contributed by atoms with Gasteiger partial charge in [0, 0.05) is 30.0 Å². The molecule has 7 nitrogen and oxygen atoms in total. The number of para-hydroxylation sites is 3. The van der Waals surface area contributed by atoms with Gasteiger partial charge in [-0.05, 0) is 55.3 Å². The van der Waals surface area contributed by atoms with Crippen LogP contribution < -0.4 is 9.47 Å². The molecule has 3 heterocycles. The highest BCUT2D eigenvalue weighted by atomic mass is 16.5. The number of piperidine rings is 1. The molecule has 0 unspecified atom stereocenters. The van der Waals surface area contributed by atoms with Crippen molar-refractivity contribution in [2.75, 3.05) is 27.3 Å². The summed E-state index contributed by atoms with van der Waals surface area (Å²) < 4.78 is 16.9. The number of hydrogen-bond acceptors (Lipinski definition) is 6. The summed E-state index contributed by atoms with van der Waals surface area (Å²) in [5, 5.41) is 0.845. The highest BCUT2D eigenvalue weighted by Gasteiger charge is 2.28. The zero-order valence-electron chi connectivity index (χ0n) is 20.8. The first-order valence-electron chi connectivity index (χ1n) is 12.4. The maximum atomic E-state index is 13.8. The molecular formula is C30H27N3O4. The molecule has 7 heteroatoms. The highest BCUT2D eigenvalue weighted by molar-refractivity contribution is 6.07. The van der Waals surface area contributed by atoms with Gasteiger partial charge < -0.3 is 18.8 Å². The fourth-order valence-corrected chi connectivity index (χ4v) is 5.06. The van der Waals surface area contributed by atoms with Crippen molar-refractivity contribution in [2.24, 2.45) is 0 Å². The average Bonchev–Trinajstić information content (AvgIpc) is 3.40. The van der Waals surface area contributed by atoms with Crippen LogP contribution in [0.25, 0.3) is 33.3 Å². The van der Waals surface area contributed by atoms with E-state index in [-0.39, 0.29) is 11.8 Å². The SMILES string of the molecule is COc1ccc(-c2cc(C(=O)N3CCC(c4nc5ccccc5o4)CC3)c3ccccc3n2)cc1OC. The number of amides is 1. The quantitative estimate of drug-likeness (QED) is 0.295. The minimum absolute atomic E-state index is 0.0105. The van der Waals surface area contributed by atoms with Gasteiger partial charge in [-0.1, -0.05) is 30.3 Å². The first kappa shape index (κ1) is 23.0. The lowest BCUT2D eigenvalue weighted by Gasteiger charge is -2.31. The van der Waals surface area contributed by atoms with Crippen molar-refractivity contribution >= 4 is 27.9 Å². The van der Waals surface area contributed by atoms with Gasteiger partial charge in [0.2, 0.25) is 0 Å². The molecule has 1 aliphatic rings. The van der Waals surface area contributed by atoms with Crippen molar-refractivity contribution in [3.63, 3.8) is 0 Å². The molecule has 3 aromatic carbocycles. The van der Waals surface area contributed by atoms with Gasteiger partial charge >= 0.3 is 0 Å². The molecule has 1 fully saturated rings. The van der Waals surface area contributed by atoms with E-state index < -0.39 is 0 Å². The van der Waals surface area contributed by atoms with Crippen LogP contribution in [-0.4, -0.2) is 48.1 Å². The number of hydrogen-bond donors (Lipinski definition) is 0. The minimum atomic E-state index is 0.0105. The van der Waals surface area contributed by atoms with Gasteiger partial charge in [-0.15, -0.1) is 0 Å². The lowest BCUT2D eigenvalue weighted by Crippen LogP contribution is -2.38. The number of ether oxygens (including phenoxy) is 2. The Morgan fingerprint density at radius 1 is 0.865 bits per heavy atom. The summed E-state index contributed by atoms with van der Waals surface area (Å²) in [5.41, 5.74) is 4.68. The predicted molar refractivity (Wildman–Crippen MR) is 142 cm³/mol. The van der Waals surface area contributed by atoms with E-state index in [4.69, 9.17) is 18.9 Å². The summed E-state index contributed by atoms with van der Waals surface area (Å²) in [6, 6.07) is 23.1. The number of oxazole rings is 1. The lowest BCUT2D eigenvalue weighted by atomic mass is 9.95. The largest absolute Gasteiger partial charge is 0.493 e. The Morgan fingerprint density at radius 3 is 2.35 bits per heavy atom. The lowest BCUT2D eigenvalue weighted by molar-refractivity contribution is 0.0708. The third-order valence-electron chi connectivity index (χ3n) is 7.07. The van der Waals surface area contributed by atoms with E-state index in [9.17, 15) is 4.79 Å². The molecule has 0 saturated carbocycles. The Balaban J connectivity index is 1.29. The topological polar surface area (TPSA) is 77.7 Å². The molecule has 0 radical (unpaired) electrons. The Labute approximate surface area is 214 Å². The standard InChI is InChI=1S/C30H27N3O4/c1-35-27-12-11-20(17-28(27)36-2)25-18-22(21-7-3-4-8-23(21)31-25)30(34)33-15-13-19(14-16-33)29-32-24-9-5-6-10-26(24)37-29/h3-12,17-19H,13-16H2,1-2H3. The highest BCUT2D eigenvalue weighted by Crippen LogP contribution is 2.34. The zero-order valence-corrected chi connectivity index (χ0v) is 20.8. The van der Waals surface area contributed by atoms with Crippen molar-refractivity contribution in [3.8, 4) is 22.8 Å². The molecular weight excluding hydrogens is 466 g/mol. The molecule has 37 heavy (non-hydrogen) atoms. The van der Waals surface area contributed by atoms with Crippen LogP contribution in [0.1, 0.15) is 35.0 Å². The fourth-order valence-electron chi connectivity index (χ4n) is 5.06. The van der Waals surface area contributed by atoms with Crippen LogP contribution in [-0.2, 0) is 0 Å². The summed E-state index contributed by atoms with van der Waals surface area (Å²) in [7, 11) is 3.21. The molecule has 0 spiro atoms. The number of carbonyl (C=O) groups excluding carboxylic acids is 1. The van der Waals surface area contributed by atoms with Crippen LogP contribution in [0.15, 0.2) is 77.2 Å². The first-order chi connectivity index (χ1) is 18.1. The van der Waals surface area contributed by atoms with Gasteiger partial charge in [-0.3, -0.25) is 4.79 Å². The van der Waals surface area contributed by atoms with Gasteiger partial charge in [0.25, 0.3) is 5.91 Å². The van der Waals surface area contributed by atoms with Crippen LogP contribution in [0, 0.1) is 0 Å². The summed E-state index contributed by atoms with van der Waals surface area (Å²) in [6.07, 6.45) is 1.62. The minimum Gasteiger partial charge on any atom is -0.493 e. The maximum Gasteiger partial charge on any atom is 0.254 e. The fraction of sp³-hybridized carbons (Fsp3) is 0.233. The summed E-state index contributed by atoms with van der Waals surface area (Å²) in [6.45, 7) is 1.29. The molecule has 0 aliphatic carbocycles. The Bertz CT molecular complexity index is 1570. The second-order valence-electron chi connectivity index (χ2n) is 9.23. The Morgan fingerprint density at radius 2 is 1.59 bits per heavy atom. The van der Waals surface area contributed by atoms with E-state index in [0.29, 0.717) is 35.8 Å². The van der Waals surface area contributed by atoms with Crippen molar-refractivity contribution in [2.45, 2.75) is 18.8 Å². The van der Waals surface area contributed by atoms with E-state index in [1.54, 1.807) is 14.2 Å². The van der Waals surface area contributed by atoms with Gasteiger partial charge in [-0.25, -0.2) is 9.97 Å². The van der Waals surface area contributed by atoms with Crippen LogP contribution in [0.4, 0.5) is 0 Å². The first-order valence-corrected chi connectivity index (χ1v) is 12.4. The second-order valence-corrected chi connectivity index (χ2v) is 9.23. The van der Waals surface area contributed by atoms with Gasteiger partial charge in [0.15, 0.2) is 23.0 Å². The number of carbonyl (C=O) groups is 1. The van der Waals surface area contributed by atoms with Gasteiger partial charge in [0.1, 0.15) is 5.52 Å². The van der Waals surface area contributed by atoms with E-state index in [2.05, 4.69) is 4.98 Å². The normalized spacial score (nSPS) is 14.3. The van der Waals surface area contributed by atoms with Gasteiger partial charge in [0.05, 0.1) is 31.0 Å². The third kappa shape index (κ3) is 4.27. The number of benzene rings is 3. The number of methoxy groups -OCH3 is 2. The van der Waals surface area contributed by atoms with Crippen molar-refractivity contribution in [3.05, 3.63) is 84.3 Å². The Kier molecular flexibility index (Phi) is 5.96. The second kappa shape index (κ2) is 9.58.